The van der Waals surface area contributed by atoms with Gasteiger partial charge in [0.2, 0.25) is 0 Å². The second kappa shape index (κ2) is 4.59. The Bertz CT molecular complexity index is 587. The average molecular weight is 299 g/mol. The van der Waals surface area contributed by atoms with Crippen LogP contribution in [0.25, 0.3) is 0 Å². The molecule has 1 aromatic carbocycles. The lowest BCUT2D eigenvalue weighted by Crippen LogP contribution is -2.65. The maximum atomic E-state index is 6.44. The van der Waals surface area contributed by atoms with Gasteiger partial charge in [0.25, 0.3) is 0 Å². The van der Waals surface area contributed by atoms with Crippen molar-refractivity contribution in [2.24, 2.45) is 23.0 Å². The molecular formula is C18H26BNO2. The van der Waals surface area contributed by atoms with Crippen molar-refractivity contribution in [3.63, 3.8) is 0 Å². The SMILES string of the molecule is Cc1ccc([C@@H](N)B2O[C@H]3C[C@H]4C[C@H](C4(C)C)[C@@]3(C)O2)cc1. The first-order valence-corrected chi connectivity index (χ1v) is 8.48. The normalized spacial score (nSPS) is 40.0. The molecule has 5 atom stereocenters. The quantitative estimate of drug-likeness (QED) is 0.852. The van der Waals surface area contributed by atoms with Gasteiger partial charge in [0.15, 0.2) is 0 Å². The maximum Gasteiger partial charge on any atom is 0.480 e. The first-order chi connectivity index (χ1) is 10.3. The van der Waals surface area contributed by atoms with Gasteiger partial charge in [-0.2, -0.15) is 0 Å². The maximum absolute atomic E-state index is 6.44. The molecule has 1 heterocycles. The smallest absolute Gasteiger partial charge is 0.404 e. The average Bonchev–Trinajstić information content (AvgIpc) is 2.84. The van der Waals surface area contributed by atoms with Gasteiger partial charge in [-0.25, -0.2) is 0 Å². The molecule has 2 N–H and O–H groups in total. The van der Waals surface area contributed by atoms with E-state index in [4.69, 9.17) is 15.0 Å². The minimum Gasteiger partial charge on any atom is -0.404 e. The monoisotopic (exact) mass is 299 g/mol. The topological polar surface area (TPSA) is 44.5 Å². The van der Waals surface area contributed by atoms with Crippen LogP contribution in [0.2, 0.25) is 0 Å². The molecule has 3 saturated carbocycles. The van der Waals surface area contributed by atoms with Crippen LogP contribution < -0.4 is 5.73 Å². The van der Waals surface area contributed by atoms with E-state index >= 15 is 0 Å². The van der Waals surface area contributed by atoms with Gasteiger partial charge in [-0.1, -0.05) is 43.7 Å². The Kier molecular flexibility index (Phi) is 3.08. The van der Waals surface area contributed by atoms with Crippen molar-refractivity contribution in [3.05, 3.63) is 35.4 Å². The third-order valence-corrected chi connectivity index (χ3v) is 6.72. The Balaban J connectivity index is 1.56. The Labute approximate surface area is 133 Å². The second-order valence-corrected chi connectivity index (χ2v) is 8.27. The third-order valence-electron chi connectivity index (χ3n) is 6.72. The summed E-state index contributed by atoms with van der Waals surface area (Å²) in [5, 5.41) is 0. The van der Waals surface area contributed by atoms with Crippen LogP contribution in [0.3, 0.4) is 0 Å². The molecule has 3 aliphatic carbocycles. The molecule has 0 aromatic heterocycles. The van der Waals surface area contributed by atoms with Crippen molar-refractivity contribution in [2.75, 3.05) is 0 Å². The van der Waals surface area contributed by atoms with Gasteiger partial charge in [0, 0.05) is 0 Å². The Morgan fingerprint density at radius 3 is 2.50 bits per heavy atom. The molecule has 22 heavy (non-hydrogen) atoms. The zero-order chi connectivity index (χ0) is 15.7. The summed E-state index contributed by atoms with van der Waals surface area (Å²) in [4.78, 5) is 0. The molecule has 1 aromatic rings. The summed E-state index contributed by atoms with van der Waals surface area (Å²) in [6, 6.07) is 8.36. The molecule has 4 heteroatoms. The lowest BCUT2D eigenvalue weighted by atomic mass is 9.43. The molecule has 0 spiro atoms. The predicted molar refractivity (Wildman–Crippen MR) is 88.2 cm³/mol. The molecule has 4 fully saturated rings. The molecule has 4 aliphatic rings. The first-order valence-electron chi connectivity index (χ1n) is 8.48. The van der Waals surface area contributed by atoms with Crippen molar-refractivity contribution < 1.29 is 9.31 Å². The van der Waals surface area contributed by atoms with Crippen molar-refractivity contribution >= 4 is 7.12 Å². The molecule has 0 unspecified atom stereocenters. The molecule has 3 nitrogen and oxygen atoms in total. The largest absolute Gasteiger partial charge is 0.480 e. The van der Waals surface area contributed by atoms with E-state index in [1.165, 1.54) is 12.0 Å². The second-order valence-electron chi connectivity index (χ2n) is 8.27. The van der Waals surface area contributed by atoms with Crippen LogP contribution in [0.4, 0.5) is 0 Å². The van der Waals surface area contributed by atoms with E-state index in [0.29, 0.717) is 11.3 Å². The van der Waals surface area contributed by atoms with Gasteiger partial charge < -0.3 is 15.0 Å². The van der Waals surface area contributed by atoms with Crippen molar-refractivity contribution in [3.8, 4) is 0 Å². The zero-order valence-electron chi connectivity index (χ0n) is 14.0. The van der Waals surface area contributed by atoms with E-state index in [9.17, 15) is 0 Å². The molecule has 0 radical (unpaired) electrons. The van der Waals surface area contributed by atoms with Gasteiger partial charge in [0.1, 0.15) is 0 Å². The van der Waals surface area contributed by atoms with Crippen LogP contribution in [0.15, 0.2) is 24.3 Å². The van der Waals surface area contributed by atoms with Crippen LogP contribution in [-0.4, -0.2) is 18.8 Å². The van der Waals surface area contributed by atoms with Crippen LogP contribution >= 0.6 is 0 Å². The summed E-state index contributed by atoms with van der Waals surface area (Å²) in [7, 11) is -0.326. The highest BCUT2D eigenvalue weighted by Crippen LogP contribution is 2.65. The number of benzene rings is 1. The van der Waals surface area contributed by atoms with Gasteiger partial charge in [-0.15, -0.1) is 0 Å². The number of nitrogens with two attached hydrogens (primary N) is 1. The first kappa shape index (κ1) is 14.7. The standard InChI is InChI=1S/C18H26BNO2/c1-11-5-7-12(8-6-11)16(20)19-21-15-10-13-9-14(17(13,2)3)18(15,4)22-19/h5-8,13-16H,9-10,20H2,1-4H3/t13-,14-,15+,16-,18-/m1/s1. The summed E-state index contributed by atoms with van der Waals surface area (Å²) in [5.41, 5.74) is 8.97. The van der Waals surface area contributed by atoms with E-state index in [1.54, 1.807) is 0 Å². The van der Waals surface area contributed by atoms with Crippen LogP contribution in [0, 0.1) is 24.2 Å². The summed E-state index contributed by atoms with van der Waals surface area (Å²) >= 11 is 0. The van der Waals surface area contributed by atoms with E-state index in [0.717, 1.165) is 17.9 Å². The predicted octanol–water partition coefficient (Wildman–Crippen LogP) is 3.26. The number of hydrogen-bond donors (Lipinski definition) is 1. The van der Waals surface area contributed by atoms with E-state index in [1.807, 2.05) is 0 Å². The van der Waals surface area contributed by atoms with Crippen LogP contribution in [-0.2, 0) is 9.31 Å². The lowest BCUT2D eigenvalue weighted by molar-refractivity contribution is -0.199. The summed E-state index contributed by atoms with van der Waals surface area (Å²) < 4.78 is 12.7. The minimum atomic E-state index is -0.326. The van der Waals surface area contributed by atoms with E-state index < -0.39 is 0 Å². The van der Waals surface area contributed by atoms with Crippen molar-refractivity contribution in [2.45, 2.75) is 58.2 Å². The number of rotatable bonds is 2. The lowest BCUT2D eigenvalue weighted by Gasteiger charge is -2.64. The zero-order valence-corrected chi connectivity index (χ0v) is 14.0. The molecule has 1 saturated heterocycles. The molecular weight excluding hydrogens is 273 g/mol. The molecule has 1 aliphatic heterocycles. The highest BCUT2D eigenvalue weighted by Gasteiger charge is 2.68. The Hall–Kier alpha value is -0.835. The highest BCUT2D eigenvalue weighted by atomic mass is 16.7. The third kappa shape index (κ3) is 1.87. The summed E-state index contributed by atoms with van der Waals surface area (Å²) in [5.74, 6) is 1.14. The Morgan fingerprint density at radius 2 is 1.86 bits per heavy atom. The molecule has 5 rings (SSSR count). The van der Waals surface area contributed by atoms with Crippen LogP contribution in [0.5, 0.6) is 0 Å². The fourth-order valence-corrected chi connectivity index (χ4v) is 5.00. The molecule has 2 bridgehead atoms. The number of aryl methyl sites for hydroxylation is 1. The van der Waals surface area contributed by atoms with E-state index in [-0.39, 0.29) is 24.8 Å². The molecule has 0 amide bonds. The van der Waals surface area contributed by atoms with E-state index in [2.05, 4.69) is 52.0 Å². The van der Waals surface area contributed by atoms with Crippen molar-refractivity contribution in [1.82, 2.24) is 0 Å². The Morgan fingerprint density at radius 1 is 1.18 bits per heavy atom. The highest BCUT2D eigenvalue weighted by molar-refractivity contribution is 6.47. The fourth-order valence-electron chi connectivity index (χ4n) is 5.00. The van der Waals surface area contributed by atoms with Gasteiger partial charge in [0.05, 0.1) is 17.6 Å². The summed E-state index contributed by atoms with van der Waals surface area (Å²) in [6.07, 6.45) is 2.58. The van der Waals surface area contributed by atoms with Crippen LogP contribution in [0.1, 0.15) is 50.7 Å². The fraction of sp³-hybridized carbons (Fsp3) is 0.667. The molecule has 118 valence electrons. The van der Waals surface area contributed by atoms with Gasteiger partial charge in [-0.05, 0) is 49.5 Å². The summed E-state index contributed by atoms with van der Waals surface area (Å²) in [6.45, 7) is 9.08. The van der Waals surface area contributed by atoms with Gasteiger partial charge in [-0.3, -0.25) is 0 Å². The van der Waals surface area contributed by atoms with Gasteiger partial charge >= 0.3 is 7.12 Å². The number of hydrogen-bond acceptors (Lipinski definition) is 3. The van der Waals surface area contributed by atoms with Crippen molar-refractivity contribution in [1.29, 1.82) is 0 Å². The minimum absolute atomic E-state index is 0.175.